The summed E-state index contributed by atoms with van der Waals surface area (Å²) in [5.74, 6) is 0. The van der Waals surface area contributed by atoms with Gasteiger partial charge < -0.3 is 24.1 Å². The maximum absolute atomic E-state index is 9.31. The van der Waals surface area contributed by atoms with E-state index in [4.69, 9.17) is 18.9 Å². The van der Waals surface area contributed by atoms with Gasteiger partial charge >= 0.3 is 0 Å². The maximum atomic E-state index is 9.31. The van der Waals surface area contributed by atoms with Gasteiger partial charge in [0.05, 0.1) is 37.1 Å². The van der Waals surface area contributed by atoms with Gasteiger partial charge in [0.25, 0.3) is 0 Å². The first-order valence-corrected chi connectivity index (χ1v) is 13.3. The third kappa shape index (κ3) is 11.0. The minimum absolute atomic E-state index is 0.00533. The largest absolute Gasteiger partial charge is 0.394 e. The number of methoxy groups -OCH3 is 1. The molecule has 0 bridgehead atoms. The van der Waals surface area contributed by atoms with E-state index in [1.165, 1.54) is 77.0 Å². The lowest BCUT2D eigenvalue weighted by atomic mass is 10.0. The molecule has 0 amide bonds. The summed E-state index contributed by atoms with van der Waals surface area (Å²) >= 11 is 0. The predicted molar refractivity (Wildman–Crippen MR) is 125 cm³/mol. The van der Waals surface area contributed by atoms with E-state index in [2.05, 4.69) is 6.92 Å². The Morgan fingerprint density at radius 1 is 0.774 bits per heavy atom. The first-order valence-electron chi connectivity index (χ1n) is 13.3. The monoisotopic (exact) mass is 442 g/mol. The Bertz CT molecular complexity index is 419. The molecule has 31 heavy (non-hydrogen) atoms. The van der Waals surface area contributed by atoms with Crippen LogP contribution in [0.2, 0.25) is 0 Å². The molecular formula is C26H50O5. The van der Waals surface area contributed by atoms with Crippen LogP contribution < -0.4 is 0 Å². The highest BCUT2D eigenvalue weighted by atomic mass is 16.7. The summed E-state index contributed by atoms with van der Waals surface area (Å²) in [6, 6.07) is 0. The van der Waals surface area contributed by atoms with Crippen LogP contribution in [-0.4, -0.2) is 56.1 Å². The molecule has 2 aliphatic heterocycles. The average Bonchev–Trinajstić information content (AvgIpc) is 3.46. The van der Waals surface area contributed by atoms with Gasteiger partial charge in [-0.15, -0.1) is 0 Å². The number of hydrogen-bond donors (Lipinski definition) is 1. The second-order valence-electron chi connectivity index (χ2n) is 9.64. The summed E-state index contributed by atoms with van der Waals surface area (Å²) in [6.45, 7) is 2.73. The summed E-state index contributed by atoms with van der Waals surface area (Å²) < 4.78 is 23.5. The van der Waals surface area contributed by atoms with Gasteiger partial charge in [0.15, 0.2) is 0 Å². The standard InChI is InChI=1S/C26H50O5/c1-3-4-5-6-7-8-9-10-11-12-13-14-15-23(29-21-28-2)24-18-19-26(31-24)25-17-16-22(20-27)30-25/h22-27H,3-21H2,1-2H3/t22-,23-,24-,25-,26-/m0/s1. The molecule has 184 valence electrons. The zero-order valence-corrected chi connectivity index (χ0v) is 20.4. The van der Waals surface area contributed by atoms with Crippen LogP contribution in [0.25, 0.3) is 0 Å². The molecule has 2 aliphatic rings. The van der Waals surface area contributed by atoms with Gasteiger partial charge in [-0.2, -0.15) is 0 Å². The van der Waals surface area contributed by atoms with Crippen LogP contribution in [0.15, 0.2) is 0 Å². The highest BCUT2D eigenvalue weighted by molar-refractivity contribution is 4.88. The van der Waals surface area contributed by atoms with Crippen molar-refractivity contribution in [3.05, 3.63) is 0 Å². The Morgan fingerprint density at radius 3 is 1.94 bits per heavy atom. The van der Waals surface area contributed by atoms with Crippen molar-refractivity contribution < 1.29 is 24.1 Å². The van der Waals surface area contributed by atoms with E-state index in [1.54, 1.807) is 7.11 Å². The minimum Gasteiger partial charge on any atom is -0.394 e. The molecule has 2 fully saturated rings. The highest BCUT2D eigenvalue weighted by Crippen LogP contribution is 2.33. The summed E-state index contributed by atoms with van der Waals surface area (Å²) in [6.07, 6.45) is 22.0. The van der Waals surface area contributed by atoms with Gasteiger partial charge in [-0.1, -0.05) is 84.0 Å². The predicted octanol–water partition coefficient (Wildman–Crippen LogP) is 6.15. The Labute approximate surface area is 191 Å². The van der Waals surface area contributed by atoms with Crippen LogP contribution in [0.4, 0.5) is 0 Å². The molecule has 0 aromatic heterocycles. The first kappa shape index (κ1) is 27.0. The maximum Gasteiger partial charge on any atom is 0.146 e. The molecule has 5 atom stereocenters. The van der Waals surface area contributed by atoms with Crippen LogP contribution in [-0.2, 0) is 18.9 Å². The topological polar surface area (TPSA) is 57.2 Å². The van der Waals surface area contributed by atoms with Crippen molar-refractivity contribution in [3.8, 4) is 0 Å². The number of aliphatic hydroxyl groups is 1. The van der Waals surface area contributed by atoms with Gasteiger partial charge in [0, 0.05) is 7.11 Å². The zero-order valence-electron chi connectivity index (χ0n) is 20.4. The van der Waals surface area contributed by atoms with Crippen molar-refractivity contribution in [2.75, 3.05) is 20.5 Å². The smallest absolute Gasteiger partial charge is 0.146 e. The normalized spacial score (nSPS) is 27.2. The van der Waals surface area contributed by atoms with Crippen LogP contribution in [0, 0.1) is 0 Å². The molecule has 1 N–H and O–H groups in total. The number of aliphatic hydroxyl groups excluding tert-OH is 1. The summed E-state index contributed by atoms with van der Waals surface area (Å²) in [5.41, 5.74) is 0. The van der Waals surface area contributed by atoms with Crippen LogP contribution in [0.3, 0.4) is 0 Å². The van der Waals surface area contributed by atoms with Crippen molar-refractivity contribution >= 4 is 0 Å². The van der Waals surface area contributed by atoms with E-state index in [0.29, 0.717) is 6.79 Å². The quantitative estimate of drug-likeness (QED) is 0.192. The highest BCUT2D eigenvalue weighted by Gasteiger charge is 2.39. The number of unbranched alkanes of at least 4 members (excludes halogenated alkanes) is 11. The van der Waals surface area contributed by atoms with E-state index in [1.807, 2.05) is 0 Å². The van der Waals surface area contributed by atoms with Crippen molar-refractivity contribution in [1.29, 1.82) is 0 Å². The van der Waals surface area contributed by atoms with E-state index in [-0.39, 0.29) is 37.1 Å². The zero-order chi connectivity index (χ0) is 22.2. The fraction of sp³-hybridized carbons (Fsp3) is 1.00. The van der Waals surface area contributed by atoms with Crippen LogP contribution in [0.1, 0.15) is 116 Å². The fourth-order valence-corrected chi connectivity index (χ4v) is 5.10. The Kier molecular flexibility index (Phi) is 15.1. The number of ether oxygens (including phenoxy) is 4. The van der Waals surface area contributed by atoms with Gasteiger partial charge in [-0.05, 0) is 32.1 Å². The van der Waals surface area contributed by atoms with Gasteiger partial charge in [-0.25, -0.2) is 0 Å². The summed E-state index contributed by atoms with van der Waals surface area (Å²) in [7, 11) is 1.68. The summed E-state index contributed by atoms with van der Waals surface area (Å²) in [5, 5.41) is 9.31. The molecule has 0 saturated carbocycles. The van der Waals surface area contributed by atoms with Crippen molar-refractivity contribution in [2.45, 2.75) is 147 Å². The summed E-state index contributed by atoms with van der Waals surface area (Å²) in [4.78, 5) is 0. The number of hydrogen-bond acceptors (Lipinski definition) is 5. The second-order valence-corrected chi connectivity index (χ2v) is 9.64. The lowest BCUT2D eigenvalue weighted by molar-refractivity contribution is -0.143. The Morgan fingerprint density at radius 2 is 1.35 bits per heavy atom. The van der Waals surface area contributed by atoms with Gasteiger partial charge in [-0.3, -0.25) is 0 Å². The van der Waals surface area contributed by atoms with Crippen molar-refractivity contribution in [3.63, 3.8) is 0 Å². The SMILES string of the molecule is CCCCCCCCCCCCCC[C@H](OCOC)[C@@H]1CC[C@@H]([C@@H]2CC[C@@H](CO)O2)O1. The molecule has 0 radical (unpaired) electrons. The van der Waals surface area contributed by atoms with E-state index >= 15 is 0 Å². The molecule has 5 heteroatoms. The molecule has 0 spiro atoms. The lowest BCUT2D eigenvalue weighted by Crippen LogP contribution is -2.33. The van der Waals surface area contributed by atoms with E-state index in [0.717, 1.165) is 32.1 Å². The molecule has 0 aromatic rings. The molecule has 0 aliphatic carbocycles. The van der Waals surface area contributed by atoms with Gasteiger partial charge in [0.1, 0.15) is 6.79 Å². The molecular weight excluding hydrogens is 392 g/mol. The molecule has 2 heterocycles. The lowest BCUT2D eigenvalue weighted by Gasteiger charge is -2.26. The van der Waals surface area contributed by atoms with E-state index in [9.17, 15) is 5.11 Å². The third-order valence-corrected chi connectivity index (χ3v) is 7.00. The Hall–Kier alpha value is -0.200. The van der Waals surface area contributed by atoms with Crippen LogP contribution in [0.5, 0.6) is 0 Å². The average molecular weight is 443 g/mol. The van der Waals surface area contributed by atoms with Crippen molar-refractivity contribution in [1.82, 2.24) is 0 Å². The van der Waals surface area contributed by atoms with E-state index < -0.39 is 0 Å². The minimum atomic E-state index is -0.00533. The Balaban J connectivity index is 1.54. The fourth-order valence-electron chi connectivity index (χ4n) is 5.10. The third-order valence-electron chi connectivity index (χ3n) is 7.00. The molecule has 0 unspecified atom stereocenters. The van der Waals surface area contributed by atoms with Crippen LogP contribution >= 0.6 is 0 Å². The molecule has 2 saturated heterocycles. The van der Waals surface area contributed by atoms with Gasteiger partial charge in [0.2, 0.25) is 0 Å². The van der Waals surface area contributed by atoms with Crippen molar-refractivity contribution in [2.24, 2.45) is 0 Å². The molecule has 5 nitrogen and oxygen atoms in total. The molecule has 2 rings (SSSR count). The molecule has 0 aromatic carbocycles. The first-order chi connectivity index (χ1) is 15.3. The second kappa shape index (κ2) is 17.3. The number of rotatable bonds is 19.